The molecule has 1 aliphatic heterocycles. The van der Waals surface area contributed by atoms with Gasteiger partial charge in [0, 0.05) is 24.3 Å². The molecule has 5 nitrogen and oxygen atoms in total. The molecule has 1 aromatic carbocycles. The number of rotatable bonds is 6. The van der Waals surface area contributed by atoms with Gasteiger partial charge in [0.15, 0.2) is 0 Å². The zero-order valence-electron chi connectivity index (χ0n) is 13.3. The Morgan fingerprint density at radius 1 is 1.12 bits per heavy atom. The Kier molecular flexibility index (Phi) is 5.54. The highest BCUT2D eigenvalue weighted by Gasteiger charge is 2.21. The summed E-state index contributed by atoms with van der Waals surface area (Å²) in [5.41, 5.74) is 0.505. The molecule has 0 aliphatic carbocycles. The Balaban J connectivity index is 1.52. The van der Waals surface area contributed by atoms with E-state index in [0.717, 1.165) is 25.9 Å². The van der Waals surface area contributed by atoms with E-state index in [2.05, 4.69) is 9.88 Å². The molecule has 0 radical (unpaired) electrons. The second kappa shape index (κ2) is 8.02. The number of carbonyl (C=O) groups excluding carboxylic acids is 1. The third-order valence-electron chi connectivity index (χ3n) is 3.81. The summed E-state index contributed by atoms with van der Waals surface area (Å²) in [6.07, 6.45) is 3.95. The predicted molar refractivity (Wildman–Crippen MR) is 92.9 cm³/mol. The summed E-state index contributed by atoms with van der Waals surface area (Å²) in [5, 5.41) is 0.653. The van der Waals surface area contributed by atoms with Crippen LogP contribution in [0.2, 0.25) is 5.02 Å². The first-order valence-electron chi connectivity index (χ1n) is 7.99. The molecule has 0 atom stereocenters. The van der Waals surface area contributed by atoms with Crippen LogP contribution in [-0.4, -0.2) is 37.3 Å². The lowest BCUT2D eigenvalue weighted by molar-refractivity contribution is 0.0451. The maximum atomic E-state index is 12.3. The maximum absolute atomic E-state index is 12.3. The minimum absolute atomic E-state index is 0.176. The van der Waals surface area contributed by atoms with Crippen LogP contribution in [-0.2, 0) is 4.74 Å². The number of halogens is 1. The van der Waals surface area contributed by atoms with Crippen LogP contribution in [0.1, 0.15) is 23.2 Å². The summed E-state index contributed by atoms with van der Waals surface area (Å²) in [7, 11) is 0. The van der Waals surface area contributed by atoms with Gasteiger partial charge in [-0.3, -0.25) is 0 Å². The first-order chi connectivity index (χ1) is 11.7. The molecule has 0 unspecified atom stereocenters. The lowest BCUT2D eigenvalue weighted by atomic mass is 10.2. The molecule has 6 heteroatoms. The van der Waals surface area contributed by atoms with Gasteiger partial charge in [-0.15, -0.1) is 0 Å². The van der Waals surface area contributed by atoms with Crippen molar-refractivity contribution in [3.8, 4) is 5.75 Å². The molecule has 24 heavy (non-hydrogen) atoms. The van der Waals surface area contributed by atoms with Crippen LogP contribution in [0.5, 0.6) is 5.75 Å². The average molecular weight is 347 g/mol. The highest BCUT2D eigenvalue weighted by Crippen LogP contribution is 2.22. The van der Waals surface area contributed by atoms with Gasteiger partial charge in [-0.1, -0.05) is 11.6 Å². The molecule has 2 heterocycles. The van der Waals surface area contributed by atoms with Crippen molar-refractivity contribution in [3.63, 3.8) is 0 Å². The van der Waals surface area contributed by atoms with Crippen LogP contribution in [0.25, 0.3) is 0 Å². The molecule has 2 aromatic rings. The fourth-order valence-corrected chi connectivity index (χ4v) is 2.77. The normalized spacial score (nSPS) is 13.8. The molecule has 1 aromatic heterocycles. The van der Waals surface area contributed by atoms with E-state index in [0.29, 0.717) is 22.2 Å². The van der Waals surface area contributed by atoms with E-state index in [-0.39, 0.29) is 19.2 Å². The zero-order valence-corrected chi connectivity index (χ0v) is 14.0. The number of pyridine rings is 1. The Morgan fingerprint density at radius 2 is 1.88 bits per heavy atom. The molecule has 1 saturated heterocycles. The largest absolute Gasteiger partial charge is 0.490 e. The van der Waals surface area contributed by atoms with Crippen LogP contribution in [0, 0.1) is 0 Å². The smallest absolute Gasteiger partial charge is 0.342 e. The van der Waals surface area contributed by atoms with Crippen LogP contribution in [0.15, 0.2) is 42.6 Å². The molecule has 126 valence electrons. The highest BCUT2D eigenvalue weighted by atomic mass is 35.5. The Labute approximate surface area is 146 Å². The number of anilines is 1. The van der Waals surface area contributed by atoms with E-state index in [1.165, 1.54) is 0 Å². The summed E-state index contributed by atoms with van der Waals surface area (Å²) in [5.74, 6) is 1.03. The van der Waals surface area contributed by atoms with E-state index in [1.807, 2.05) is 0 Å². The van der Waals surface area contributed by atoms with Gasteiger partial charge in [0.05, 0.1) is 0 Å². The molecular formula is C18H19ClN2O3. The Hall–Kier alpha value is -2.27. The molecule has 0 bridgehead atoms. The molecule has 0 saturated carbocycles. The van der Waals surface area contributed by atoms with Crippen molar-refractivity contribution in [3.05, 3.63) is 53.2 Å². The quantitative estimate of drug-likeness (QED) is 0.591. The van der Waals surface area contributed by atoms with Gasteiger partial charge < -0.3 is 14.4 Å². The lowest BCUT2D eigenvalue weighted by Gasteiger charge is -2.19. The van der Waals surface area contributed by atoms with Crippen LogP contribution >= 0.6 is 11.6 Å². The fourth-order valence-electron chi connectivity index (χ4n) is 2.64. The summed E-state index contributed by atoms with van der Waals surface area (Å²) >= 11 is 5.82. The highest BCUT2D eigenvalue weighted by molar-refractivity contribution is 6.30. The van der Waals surface area contributed by atoms with Gasteiger partial charge in [-0.05, 0) is 49.2 Å². The van der Waals surface area contributed by atoms with Crippen molar-refractivity contribution in [2.45, 2.75) is 12.8 Å². The van der Waals surface area contributed by atoms with Crippen molar-refractivity contribution >= 4 is 23.4 Å². The zero-order chi connectivity index (χ0) is 16.8. The monoisotopic (exact) mass is 346 g/mol. The van der Waals surface area contributed by atoms with Gasteiger partial charge in [-0.2, -0.15) is 0 Å². The van der Waals surface area contributed by atoms with Gasteiger partial charge in [0.25, 0.3) is 0 Å². The number of aromatic nitrogens is 1. The Bertz CT molecular complexity index is 685. The van der Waals surface area contributed by atoms with E-state index in [1.54, 1.807) is 42.6 Å². The lowest BCUT2D eigenvalue weighted by Crippen LogP contribution is -2.23. The molecule has 1 aliphatic rings. The Morgan fingerprint density at radius 3 is 2.62 bits per heavy atom. The second-order valence-electron chi connectivity index (χ2n) is 5.51. The van der Waals surface area contributed by atoms with Gasteiger partial charge in [-0.25, -0.2) is 9.78 Å². The number of hydrogen-bond acceptors (Lipinski definition) is 5. The minimum atomic E-state index is -0.371. The third-order valence-corrected chi connectivity index (χ3v) is 4.06. The molecular weight excluding hydrogens is 328 g/mol. The molecule has 0 N–H and O–H groups in total. The molecule has 3 rings (SSSR count). The van der Waals surface area contributed by atoms with Crippen LogP contribution < -0.4 is 9.64 Å². The van der Waals surface area contributed by atoms with E-state index >= 15 is 0 Å². The van der Waals surface area contributed by atoms with Gasteiger partial charge in [0.2, 0.25) is 0 Å². The maximum Gasteiger partial charge on any atom is 0.342 e. The summed E-state index contributed by atoms with van der Waals surface area (Å²) in [6, 6.07) is 10.6. The second-order valence-corrected chi connectivity index (χ2v) is 5.94. The summed E-state index contributed by atoms with van der Waals surface area (Å²) in [4.78, 5) is 18.8. The minimum Gasteiger partial charge on any atom is -0.490 e. The standard InChI is InChI=1S/C18H19ClN2O3/c19-14-5-7-15(8-6-14)23-12-13-24-18(22)16-4-3-9-20-17(16)21-10-1-2-11-21/h3-9H,1-2,10-13H2. The topological polar surface area (TPSA) is 51.7 Å². The van der Waals surface area contributed by atoms with Crippen LogP contribution in [0.4, 0.5) is 5.82 Å². The van der Waals surface area contributed by atoms with Crippen molar-refractivity contribution in [2.75, 3.05) is 31.2 Å². The van der Waals surface area contributed by atoms with Crippen molar-refractivity contribution in [2.24, 2.45) is 0 Å². The molecule has 1 fully saturated rings. The SMILES string of the molecule is O=C(OCCOc1ccc(Cl)cc1)c1cccnc1N1CCCC1. The number of ether oxygens (including phenoxy) is 2. The molecule has 0 spiro atoms. The summed E-state index contributed by atoms with van der Waals surface area (Å²) in [6.45, 7) is 2.32. The van der Waals surface area contributed by atoms with E-state index < -0.39 is 0 Å². The molecule has 0 amide bonds. The average Bonchev–Trinajstić information content (AvgIpc) is 3.14. The van der Waals surface area contributed by atoms with E-state index in [9.17, 15) is 4.79 Å². The number of hydrogen-bond donors (Lipinski definition) is 0. The van der Waals surface area contributed by atoms with E-state index in [4.69, 9.17) is 21.1 Å². The predicted octanol–water partition coefficient (Wildman–Crippen LogP) is 3.57. The fraction of sp³-hybridized carbons (Fsp3) is 0.333. The van der Waals surface area contributed by atoms with Gasteiger partial charge in [0.1, 0.15) is 30.3 Å². The number of esters is 1. The van der Waals surface area contributed by atoms with Crippen LogP contribution in [0.3, 0.4) is 0 Å². The van der Waals surface area contributed by atoms with Crippen molar-refractivity contribution in [1.29, 1.82) is 0 Å². The van der Waals surface area contributed by atoms with Crippen molar-refractivity contribution in [1.82, 2.24) is 4.98 Å². The van der Waals surface area contributed by atoms with Gasteiger partial charge >= 0.3 is 5.97 Å². The number of carbonyl (C=O) groups is 1. The number of benzene rings is 1. The first-order valence-corrected chi connectivity index (χ1v) is 8.37. The van der Waals surface area contributed by atoms with Crippen molar-refractivity contribution < 1.29 is 14.3 Å². The third kappa shape index (κ3) is 4.17. The first kappa shape index (κ1) is 16.6. The summed E-state index contributed by atoms with van der Waals surface area (Å²) < 4.78 is 10.8. The number of nitrogens with zero attached hydrogens (tertiary/aromatic N) is 2.